The minimum atomic E-state index is -3.36. The van der Waals surface area contributed by atoms with Gasteiger partial charge in [-0.2, -0.15) is 17.0 Å². The first-order chi connectivity index (χ1) is 9.80. The Morgan fingerprint density at radius 2 is 1.90 bits per heavy atom. The summed E-state index contributed by atoms with van der Waals surface area (Å²) in [6.45, 7) is 12.1. The minimum Gasteiger partial charge on any atom is -0.313 e. The summed E-state index contributed by atoms with van der Waals surface area (Å²) in [4.78, 5) is 0. The Labute approximate surface area is 131 Å². The van der Waals surface area contributed by atoms with E-state index >= 15 is 0 Å². The molecule has 0 aromatic carbocycles. The van der Waals surface area contributed by atoms with Crippen molar-refractivity contribution < 1.29 is 8.42 Å². The van der Waals surface area contributed by atoms with E-state index in [1.165, 1.54) is 0 Å². The van der Waals surface area contributed by atoms with E-state index in [1.807, 2.05) is 20.8 Å². The fraction of sp³-hybridized carbons (Fsp3) is 1.00. The first-order valence-electron chi connectivity index (χ1n) is 8.32. The molecule has 6 heteroatoms. The van der Waals surface area contributed by atoms with Gasteiger partial charge >= 0.3 is 0 Å². The molecule has 1 N–H and O–H groups in total. The van der Waals surface area contributed by atoms with Crippen LogP contribution in [0.5, 0.6) is 0 Å². The Morgan fingerprint density at radius 3 is 2.43 bits per heavy atom. The molecule has 0 aromatic heterocycles. The molecule has 0 aliphatic carbocycles. The number of nitrogens with one attached hydrogen (secondary N) is 1. The van der Waals surface area contributed by atoms with Crippen molar-refractivity contribution in [2.24, 2.45) is 0 Å². The molecule has 126 valence electrons. The van der Waals surface area contributed by atoms with Crippen molar-refractivity contribution in [2.45, 2.75) is 78.4 Å². The standard InChI is InChI=1S/C15H33N3O2S/c1-6-10-17(14(4)5)21(19,20)18-11-8-7-9-15(18)12-16-13(2)3/h13-16H,6-12H2,1-5H3. The molecule has 0 bridgehead atoms. The Morgan fingerprint density at radius 1 is 1.24 bits per heavy atom. The van der Waals surface area contributed by atoms with Crippen LogP contribution in [0.3, 0.4) is 0 Å². The van der Waals surface area contributed by atoms with Crippen LogP contribution in [0, 0.1) is 0 Å². The van der Waals surface area contributed by atoms with Crippen LogP contribution in [-0.4, -0.2) is 54.8 Å². The van der Waals surface area contributed by atoms with Crippen molar-refractivity contribution in [3.05, 3.63) is 0 Å². The zero-order chi connectivity index (χ0) is 16.0. The highest BCUT2D eigenvalue weighted by molar-refractivity contribution is 7.86. The van der Waals surface area contributed by atoms with Crippen LogP contribution >= 0.6 is 0 Å². The van der Waals surface area contributed by atoms with E-state index in [-0.39, 0.29) is 12.1 Å². The first-order valence-corrected chi connectivity index (χ1v) is 9.72. The monoisotopic (exact) mass is 319 g/mol. The molecule has 1 unspecified atom stereocenters. The summed E-state index contributed by atoms with van der Waals surface area (Å²) in [5.74, 6) is 0. The second-order valence-corrected chi connectivity index (χ2v) is 8.37. The van der Waals surface area contributed by atoms with Crippen LogP contribution in [0.2, 0.25) is 0 Å². The number of hydrogen-bond donors (Lipinski definition) is 1. The molecule has 0 radical (unpaired) electrons. The zero-order valence-corrected chi connectivity index (χ0v) is 15.1. The van der Waals surface area contributed by atoms with Crippen molar-refractivity contribution in [2.75, 3.05) is 19.6 Å². The Hall–Kier alpha value is -0.170. The van der Waals surface area contributed by atoms with E-state index in [9.17, 15) is 8.42 Å². The van der Waals surface area contributed by atoms with Crippen molar-refractivity contribution in [3.8, 4) is 0 Å². The second kappa shape index (κ2) is 8.46. The summed E-state index contributed by atoms with van der Waals surface area (Å²) < 4.78 is 29.4. The molecule has 5 nitrogen and oxygen atoms in total. The fourth-order valence-electron chi connectivity index (χ4n) is 2.85. The quantitative estimate of drug-likeness (QED) is 0.746. The summed E-state index contributed by atoms with van der Waals surface area (Å²) in [6.07, 6.45) is 3.89. The summed E-state index contributed by atoms with van der Waals surface area (Å²) in [6, 6.07) is 0.480. The smallest absolute Gasteiger partial charge is 0.282 e. The van der Waals surface area contributed by atoms with Crippen molar-refractivity contribution in [1.29, 1.82) is 0 Å². The summed E-state index contributed by atoms with van der Waals surface area (Å²) >= 11 is 0. The van der Waals surface area contributed by atoms with Gasteiger partial charge in [-0.1, -0.05) is 27.2 Å². The maximum absolute atomic E-state index is 13.0. The Balaban J connectivity index is 2.89. The Kier molecular flexibility index (Phi) is 7.60. The molecule has 1 aliphatic rings. The Bertz CT molecular complexity index is 396. The molecule has 0 spiro atoms. The molecule has 1 aliphatic heterocycles. The number of piperidine rings is 1. The first kappa shape index (κ1) is 18.9. The third-order valence-electron chi connectivity index (χ3n) is 3.95. The highest BCUT2D eigenvalue weighted by atomic mass is 32.2. The van der Waals surface area contributed by atoms with Gasteiger partial charge in [-0.3, -0.25) is 0 Å². The molecule has 21 heavy (non-hydrogen) atoms. The van der Waals surface area contributed by atoms with E-state index in [4.69, 9.17) is 0 Å². The lowest BCUT2D eigenvalue weighted by Gasteiger charge is -2.39. The summed E-state index contributed by atoms with van der Waals surface area (Å²) in [5, 5.41) is 3.39. The number of hydrogen-bond acceptors (Lipinski definition) is 3. The molecule has 1 atom stereocenters. The largest absolute Gasteiger partial charge is 0.313 e. The van der Waals surface area contributed by atoms with Gasteiger partial charge in [-0.25, -0.2) is 0 Å². The lowest BCUT2D eigenvalue weighted by Crippen LogP contribution is -2.55. The van der Waals surface area contributed by atoms with Gasteiger partial charge < -0.3 is 5.32 Å². The highest BCUT2D eigenvalue weighted by Gasteiger charge is 2.37. The second-order valence-electron chi connectivity index (χ2n) is 6.54. The normalized spacial score (nSPS) is 21.6. The minimum absolute atomic E-state index is 0.00980. The van der Waals surface area contributed by atoms with Crippen LogP contribution in [0.4, 0.5) is 0 Å². The predicted molar refractivity (Wildman–Crippen MR) is 88.5 cm³/mol. The van der Waals surface area contributed by atoms with Crippen LogP contribution in [0.25, 0.3) is 0 Å². The molecule has 1 saturated heterocycles. The number of nitrogens with zero attached hydrogens (tertiary/aromatic N) is 2. The van der Waals surface area contributed by atoms with Gasteiger partial charge in [0.05, 0.1) is 0 Å². The molecule has 1 fully saturated rings. The summed E-state index contributed by atoms with van der Waals surface area (Å²) in [5.41, 5.74) is 0. The average Bonchev–Trinajstić information content (AvgIpc) is 2.42. The van der Waals surface area contributed by atoms with Crippen molar-refractivity contribution in [1.82, 2.24) is 13.9 Å². The zero-order valence-electron chi connectivity index (χ0n) is 14.3. The number of rotatable bonds is 8. The molecule has 0 amide bonds. The highest BCUT2D eigenvalue weighted by Crippen LogP contribution is 2.24. The lowest BCUT2D eigenvalue weighted by molar-refractivity contribution is 0.215. The van der Waals surface area contributed by atoms with Crippen LogP contribution in [-0.2, 0) is 10.2 Å². The van der Waals surface area contributed by atoms with Crippen LogP contribution in [0.15, 0.2) is 0 Å². The van der Waals surface area contributed by atoms with E-state index < -0.39 is 10.2 Å². The van der Waals surface area contributed by atoms with Gasteiger partial charge in [0.2, 0.25) is 0 Å². The van der Waals surface area contributed by atoms with Gasteiger partial charge in [0, 0.05) is 37.8 Å². The fourth-order valence-corrected chi connectivity index (χ4v) is 4.98. The topological polar surface area (TPSA) is 52.7 Å². The predicted octanol–water partition coefficient (Wildman–Crippen LogP) is 2.20. The van der Waals surface area contributed by atoms with E-state index in [0.29, 0.717) is 19.1 Å². The molecule has 0 saturated carbocycles. The van der Waals surface area contributed by atoms with Gasteiger partial charge in [-0.15, -0.1) is 0 Å². The lowest BCUT2D eigenvalue weighted by atomic mass is 10.0. The summed E-state index contributed by atoms with van der Waals surface area (Å²) in [7, 11) is -3.36. The average molecular weight is 320 g/mol. The van der Waals surface area contributed by atoms with Crippen LogP contribution in [0.1, 0.15) is 60.3 Å². The molecule has 0 aromatic rings. The van der Waals surface area contributed by atoms with E-state index in [2.05, 4.69) is 19.2 Å². The third-order valence-corrected chi connectivity index (χ3v) is 6.22. The van der Waals surface area contributed by atoms with Gasteiger partial charge in [0.1, 0.15) is 0 Å². The molecular formula is C15H33N3O2S. The van der Waals surface area contributed by atoms with Crippen LogP contribution < -0.4 is 5.32 Å². The van der Waals surface area contributed by atoms with Gasteiger partial charge in [0.15, 0.2) is 0 Å². The SMILES string of the molecule is CCCN(C(C)C)S(=O)(=O)N1CCCCC1CNC(C)C. The van der Waals surface area contributed by atoms with Gasteiger partial charge in [-0.05, 0) is 33.1 Å². The maximum atomic E-state index is 13.0. The van der Waals surface area contributed by atoms with E-state index in [0.717, 1.165) is 32.2 Å². The van der Waals surface area contributed by atoms with Gasteiger partial charge in [0.25, 0.3) is 10.2 Å². The third kappa shape index (κ3) is 5.20. The maximum Gasteiger partial charge on any atom is 0.282 e. The molecule has 1 rings (SSSR count). The van der Waals surface area contributed by atoms with Crippen molar-refractivity contribution in [3.63, 3.8) is 0 Å². The van der Waals surface area contributed by atoms with Crippen molar-refractivity contribution >= 4 is 10.2 Å². The molecular weight excluding hydrogens is 286 g/mol. The van der Waals surface area contributed by atoms with E-state index in [1.54, 1.807) is 8.61 Å². The molecule has 1 heterocycles.